The van der Waals surface area contributed by atoms with E-state index in [1.165, 1.54) is 22.3 Å². The van der Waals surface area contributed by atoms with Crippen molar-refractivity contribution in [1.29, 1.82) is 0 Å². The van der Waals surface area contributed by atoms with Gasteiger partial charge in [-0.2, -0.15) is 0 Å². The van der Waals surface area contributed by atoms with Crippen LogP contribution < -0.4 is 5.32 Å². The summed E-state index contributed by atoms with van der Waals surface area (Å²) in [4.78, 5) is 0. The minimum atomic E-state index is 0.471. The van der Waals surface area contributed by atoms with Crippen LogP contribution in [-0.2, 0) is 0 Å². The number of hydrogen-bond acceptors (Lipinski definition) is 1. The highest BCUT2D eigenvalue weighted by atomic mass is 14.9. The number of nitrogens with one attached hydrogen (secondary N) is 1. The molecule has 2 aliphatic carbocycles. The molecule has 0 radical (unpaired) electrons. The Morgan fingerprint density at radius 2 is 2.00 bits per heavy atom. The maximum atomic E-state index is 3.62. The maximum absolute atomic E-state index is 3.62. The Morgan fingerprint density at radius 1 is 1.17 bits per heavy atom. The molecule has 3 aliphatic rings. The van der Waals surface area contributed by atoms with E-state index in [2.05, 4.69) is 60.9 Å². The summed E-state index contributed by atoms with van der Waals surface area (Å²) >= 11 is 0. The van der Waals surface area contributed by atoms with Crippen LogP contribution in [0.4, 0.5) is 0 Å². The highest BCUT2D eigenvalue weighted by molar-refractivity contribution is 5.56. The van der Waals surface area contributed by atoms with Crippen LogP contribution in [-0.4, -0.2) is 0 Å². The molecule has 0 amide bonds. The van der Waals surface area contributed by atoms with E-state index >= 15 is 0 Å². The Morgan fingerprint density at radius 3 is 2.89 bits per heavy atom. The molecular weight excluding hydrogens is 218 g/mol. The zero-order valence-electron chi connectivity index (χ0n) is 10.6. The van der Waals surface area contributed by atoms with Crippen LogP contribution in [0.2, 0.25) is 0 Å². The standard InChI is InChI=1S/C17H17N/c1-11-16-13-7-3-2-6-12(13)10-18-17(11)15-9-5-4-8-14(15)16/h2,4-11,16-18H,3H2,1H3. The van der Waals surface area contributed by atoms with Crippen molar-refractivity contribution in [2.75, 3.05) is 0 Å². The van der Waals surface area contributed by atoms with Gasteiger partial charge in [0.1, 0.15) is 0 Å². The molecule has 18 heavy (non-hydrogen) atoms. The molecule has 90 valence electrons. The summed E-state index contributed by atoms with van der Waals surface area (Å²) in [6.07, 6.45) is 10.2. The first-order chi connectivity index (χ1) is 8.86. The Labute approximate surface area is 108 Å². The van der Waals surface area contributed by atoms with Crippen molar-refractivity contribution in [3.8, 4) is 0 Å². The number of rotatable bonds is 0. The lowest BCUT2D eigenvalue weighted by Gasteiger charge is -2.22. The lowest BCUT2D eigenvalue weighted by molar-refractivity contribution is 0.433. The third kappa shape index (κ3) is 1.22. The monoisotopic (exact) mass is 235 g/mol. The first-order valence-electron chi connectivity index (χ1n) is 6.78. The van der Waals surface area contributed by atoms with Gasteiger partial charge in [0.05, 0.1) is 6.04 Å². The SMILES string of the molecule is CC1C2NC=C3C=CCC=C3C1c1ccccc12. The van der Waals surface area contributed by atoms with E-state index in [-0.39, 0.29) is 0 Å². The Bertz CT molecular complexity index is 591. The molecule has 4 rings (SSSR count). The Kier molecular flexibility index (Phi) is 2.05. The van der Waals surface area contributed by atoms with Crippen LogP contribution in [0, 0.1) is 5.92 Å². The van der Waals surface area contributed by atoms with Gasteiger partial charge >= 0.3 is 0 Å². The molecule has 1 N–H and O–H groups in total. The summed E-state index contributed by atoms with van der Waals surface area (Å²) < 4.78 is 0. The maximum Gasteiger partial charge on any atom is 0.0546 e. The van der Waals surface area contributed by atoms with Gasteiger partial charge < -0.3 is 5.32 Å². The molecule has 1 nitrogen and oxygen atoms in total. The molecule has 0 aromatic heterocycles. The number of allylic oxidation sites excluding steroid dienone is 5. The van der Waals surface area contributed by atoms with Crippen LogP contribution in [0.25, 0.3) is 0 Å². The molecule has 1 aliphatic heterocycles. The van der Waals surface area contributed by atoms with Crippen LogP contribution in [0.1, 0.15) is 36.4 Å². The van der Waals surface area contributed by atoms with Crippen molar-refractivity contribution < 1.29 is 0 Å². The lowest BCUT2D eigenvalue weighted by atomic mass is 9.81. The second kappa shape index (κ2) is 3.61. The highest BCUT2D eigenvalue weighted by Crippen LogP contribution is 2.52. The molecular formula is C17H17N. The summed E-state index contributed by atoms with van der Waals surface area (Å²) in [6.45, 7) is 2.37. The molecule has 1 heterocycles. The van der Waals surface area contributed by atoms with Gasteiger partial charge in [0, 0.05) is 12.1 Å². The van der Waals surface area contributed by atoms with Gasteiger partial charge in [-0.3, -0.25) is 0 Å². The van der Waals surface area contributed by atoms with E-state index in [9.17, 15) is 0 Å². The van der Waals surface area contributed by atoms with E-state index in [4.69, 9.17) is 0 Å². The molecule has 2 bridgehead atoms. The third-order valence-corrected chi connectivity index (χ3v) is 4.58. The normalized spacial score (nSPS) is 31.7. The smallest absolute Gasteiger partial charge is 0.0546 e. The van der Waals surface area contributed by atoms with Crippen LogP contribution in [0.3, 0.4) is 0 Å². The number of fused-ring (bicyclic) bond motifs is 7. The first kappa shape index (κ1) is 10.2. The largest absolute Gasteiger partial charge is 0.383 e. The van der Waals surface area contributed by atoms with Crippen molar-refractivity contribution >= 4 is 0 Å². The molecule has 0 saturated carbocycles. The Balaban J connectivity index is 1.94. The van der Waals surface area contributed by atoms with Crippen molar-refractivity contribution in [2.45, 2.75) is 25.3 Å². The summed E-state index contributed by atoms with van der Waals surface area (Å²) in [5.74, 6) is 1.20. The van der Waals surface area contributed by atoms with Crippen molar-refractivity contribution in [2.24, 2.45) is 5.92 Å². The molecule has 3 atom stereocenters. The van der Waals surface area contributed by atoms with E-state index in [0.717, 1.165) is 6.42 Å². The minimum absolute atomic E-state index is 0.471. The van der Waals surface area contributed by atoms with Gasteiger partial charge in [0.15, 0.2) is 0 Å². The second-order valence-corrected chi connectivity index (χ2v) is 5.51. The molecule has 1 heteroatoms. The predicted octanol–water partition coefficient (Wildman–Crippen LogP) is 3.83. The Hall–Kier alpha value is -1.76. The zero-order valence-corrected chi connectivity index (χ0v) is 10.6. The van der Waals surface area contributed by atoms with E-state index in [1.54, 1.807) is 0 Å². The quantitative estimate of drug-likeness (QED) is 0.720. The third-order valence-electron chi connectivity index (χ3n) is 4.58. The van der Waals surface area contributed by atoms with Gasteiger partial charge in [0.2, 0.25) is 0 Å². The summed E-state index contributed by atoms with van der Waals surface area (Å²) in [6, 6.07) is 9.38. The fourth-order valence-electron chi connectivity index (χ4n) is 3.75. The fourth-order valence-corrected chi connectivity index (χ4v) is 3.75. The number of benzene rings is 1. The van der Waals surface area contributed by atoms with Crippen molar-refractivity contribution in [1.82, 2.24) is 5.32 Å². The number of hydrogen-bond donors (Lipinski definition) is 1. The van der Waals surface area contributed by atoms with Gasteiger partial charge in [-0.25, -0.2) is 0 Å². The molecule has 0 saturated heterocycles. The first-order valence-corrected chi connectivity index (χ1v) is 6.78. The lowest BCUT2D eigenvalue weighted by Crippen LogP contribution is -2.18. The van der Waals surface area contributed by atoms with Gasteiger partial charge in [-0.15, -0.1) is 0 Å². The summed E-state index contributed by atoms with van der Waals surface area (Å²) in [5.41, 5.74) is 5.90. The topological polar surface area (TPSA) is 12.0 Å². The van der Waals surface area contributed by atoms with E-state index < -0.39 is 0 Å². The van der Waals surface area contributed by atoms with Crippen LogP contribution >= 0.6 is 0 Å². The van der Waals surface area contributed by atoms with Crippen LogP contribution in [0.5, 0.6) is 0 Å². The molecule has 0 spiro atoms. The average Bonchev–Trinajstić information content (AvgIpc) is 2.58. The van der Waals surface area contributed by atoms with Crippen LogP contribution in [0.15, 0.2) is 59.8 Å². The summed E-state index contributed by atoms with van der Waals surface area (Å²) in [5, 5.41) is 3.62. The van der Waals surface area contributed by atoms with Crippen molar-refractivity contribution in [3.63, 3.8) is 0 Å². The average molecular weight is 235 g/mol. The fraction of sp³-hybridized carbons (Fsp3) is 0.294. The van der Waals surface area contributed by atoms with Gasteiger partial charge in [-0.05, 0) is 34.6 Å². The van der Waals surface area contributed by atoms with Gasteiger partial charge in [0.25, 0.3) is 0 Å². The zero-order chi connectivity index (χ0) is 12.1. The second-order valence-electron chi connectivity index (χ2n) is 5.51. The highest BCUT2D eigenvalue weighted by Gasteiger charge is 2.41. The molecule has 0 fully saturated rings. The molecule has 1 aromatic carbocycles. The predicted molar refractivity (Wildman–Crippen MR) is 74.1 cm³/mol. The van der Waals surface area contributed by atoms with E-state index in [1.807, 2.05) is 0 Å². The summed E-state index contributed by atoms with van der Waals surface area (Å²) in [7, 11) is 0. The van der Waals surface area contributed by atoms with Crippen molar-refractivity contribution in [3.05, 3.63) is 71.0 Å². The minimum Gasteiger partial charge on any atom is -0.383 e. The van der Waals surface area contributed by atoms with E-state index in [0.29, 0.717) is 17.9 Å². The molecule has 1 aromatic rings. The molecule has 3 unspecified atom stereocenters. The van der Waals surface area contributed by atoms with Gasteiger partial charge in [-0.1, -0.05) is 49.4 Å².